The number of ketones is 1. The zero-order valence-electron chi connectivity index (χ0n) is 40.9. The first kappa shape index (κ1) is 68.3. The number of hydrogen-bond donors (Lipinski definition) is 3. The van der Waals surface area contributed by atoms with Gasteiger partial charge in [-0.3, -0.25) is 9.59 Å². The van der Waals surface area contributed by atoms with E-state index < -0.39 is 43.5 Å². The predicted octanol–water partition coefficient (Wildman–Crippen LogP) is 5.98. The lowest BCUT2D eigenvalue weighted by molar-refractivity contribution is -0.173. The molecule has 0 aliphatic carbocycles. The molecule has 0 spiro atoms. The van der Waals surface area contributed by atoms with Gasteiger partial charge in [0, 0.05) is 51.4 Å². The van der Waals surface area contributed by atoms with Gasteiger partial charge in [0.25, 0.3) is 8.53 Å². The molecule has 0 aromatic heterocycles. The summed E-state index contributed by atoms with van der Waals surface area (Å²) in [6, 6.07) is 1.97. The van der Waals surface area contributed by atoms with Crippen molar-refractivity contribution in [2.45, 2.75) is 97.6 Å². The molecule has 1 unspecified atom stereocenters. The number of carbonyl (C=O) groups excluding carboxylic acids is 3. The van der Waals surface area contributed by atoms with E-state index in [1.165, 1.54) is 6.92 Å². The molecule has 0 rings (SSSR count). The largest absolute Gasteiger partial charge is 0.471 e. The van der Waals surface area contributed by atoms with Crippen LogP contribution < -0.4 is 10.6 Å². The van der Waals surface area contributed by atoms with E-state index in [2.05, 4.69) is 14.5 Å². The molecule has 0 aliphatic heterocycles. The number of rotatable bonds is 41. The monoisotopic (exact) mass is 1040 g/mol. The van der Waals surface area contributed by atoms with E-state index in [1.807, 2.05) is 38.4 Å². The normalized spacial score (nSPS) is 12.4. The summed E-state index contributed by atoms with van der Waals surface area (Å²) in [5, 5.41) is 22.2. The molecule has 19 nitrogen and oxygen atoms in total. The Kier molecular flexibility index (Phi) is 39.7. The minimum atomic E-state index is -5.02. The topological polar surface area (TPSA) is 209 Å². The van der Waals surface area contributed by atoms with Crippen LogP contribution >= 0.6 is 8.53 Å². The highest BCUT2D eigenvalue weighted by molar-refractivity contribution is 7.44. The molecule has 3 N–H and O–H groups in total. The number of Topliss-reactive ketones (excluding diaryl/α,β-unsaturated/α-hetero) is 1. The van der Waals surface area contributed by atoms with Gasteiger partial charge in [-0.2, -0.15) is 31.6 Å². The van der Waals surface area contributed by atoms with Crippen LogP contribution in [0.25, 0.3) is 14.5 Å². The molecule has 1 atom stereocenters. The Morgan fingerprint density at radius 2 is 1.00 bits per heavy atom. The van der Waals surface area contributed by atoms with Crippen molar-refractivity contribution in [2.75, 3.05) is 132 Å². The van der Waals surface area contributed by atoms with E-state index in [0.29, 0.717) is 19.3 Å². The van der Waals surface area contributed by atoms with E-state index in [4.69, 9.17) is 62.4 Å². The van der Waals surface area contributed by atoms with Gasteiger partial charge in [0.1, 0.15) is 25.6 Å². The lowest BCUT2D eigenvalue weighted by Gasteiger charge is -2.39. The Morgan fingerprint density at radius 1 is 0.614 bits per heavy atom. The molecule has 2 amide bonds. The van der Waals surface area contributed by atoms with Gasteiger partial charge in [-0.15, -0.1) is 0 Å². The standard InChI is InChI=1S/C30H51F6N4O8P.C14H21N3O4/c1-23(2)40(24(3)4)49(47-18-8-12-37)48-22-28(19-44-15-7-6-11-25(5)41,20-45-16-9-13-38-26(42)29(31,32)33)21-46-17-10-14-39-27(43)30(34,35)36;1-15-4-7-19-11-14(10-18,12-20-8-5-16-2)13-21-9-6-17-3/h23-24H,6-11,13-22H2,1-5H3,(H,38,42)(H,39,43);18H,4-13H2. The van der Waals surface area contributed by atoms with Crippen molar-refractivity contribution in [3.63, 3.8) is 0 Å². The average molecular weight is 1040 g/mol. The highest BCUT2D eigenvalue weighted by atomic mass is 31.2. The molecule has 0 aromatic rings. The van der Waals surface area contributed by atoms with E-state index in [9.17, 15) is 45.8 Å². The average Bonchev–Trinajstić information content (AvgIpc) is 3.29. The van der Waals surface area contributed by atoms with Crippen LogP contribution in [0.3, 0.4) is 0 Å². The molecule has 0 saturated heterocycles. The summed E-state index contributed by atoms with van der Waals surface area (Å²) in [5.74, 6) is -4.11. The molecule has 0 bridgehead atoms. The smallest absolute Gasteiger partial charge is 0.396 e. The van der Waals surface area contributed by atoms with Crippen molar-refractivity contribution in [1.29, 1.82) is 5.26 Å². The van der Waals surface area contributed by atoms with Gasteiger partial charge in [0.2, 0.25) is 19.6 Å². The zero-order chi connectivity index (χ0) is 53.3. The second kappa shape index (κ2) is 40.7. The fraction of sp³-hybridized carbons (Fsp3) is 0.841. The van der Waals surface area contributed by atoms with Gasteiger partial charge in [0.05, 0.1) is 82.8 Å². The summed E-state index contributed by atoms with van der Waals surface area (Å²) < 4.78 is 123. The van der Waals surface area contributed by atoms with Crippen molar-refractivity contribution in [3.8, 4) is 6.07 Å². The molecule has 0 aliphatic rings. The van der Waals surface area contributed by atoms with Gasteiger partial charge in [-0.25, -0.2) is 24.4 Å². The molecule has 0 saturated carbocycles. The third kappa shape index (κ3) is 35.3. The van der Waals surface area contributed by atoms with Crippen LogP contribution in [0.4, 0.5) is 26.3 Å². The SMILES string of the molecule is CC(=O)CCCCOCC(COCCCNC(=O)C(F)(F)F)(COCCCNC(=O)C(F)(F)F)COP(OCCC#N)N(C(C)C)C(C)C.[C-]#[N+]CCOCC(CO)(COCC[N+]#[C-])COCC[N+]#[C-]. The number of nitriles is 1. The number of ether oxygens (including phenoxy) is 6. The first-order valence-electron chi connectivity index (χ1n) is 22.6. The Hall–Kier alpha value is -3.82. The number of alkyl halides is 6. The van der Waals surface area contributed by atoms with Crippen LogP contribution in [0.15, 0.2) is 0 Å². The fourth-order valence-corrected chi connectivity index (χ4v) is 7.34. The van der Waals surface area contributed by atoms with E-state index in [0.717, 1.165) is 0 Å². The first-order valence-corrected chi connectivity index (χ1v) is 23.7. The van der Waals surface area contributed by atoms with E-state index >= 15 is 0 Å². The number of unbranched alkanes of at least 4 members (excludes halogenated alkanes) is 1. The second-order valence-electron chi connectivity index (χ2n) is 16.3. The number of aliphatic hydroxyl groups is 1. The summed E-state index contributed by atoms with van der Waals surface area (Å²) in [6.07, 6.45) is -8.30. The minimum absolute atomic E-state index is 0.00653. The van der Waals surface area contributed by atoms with Crippen molar-refractivity contribution in [1.82, 2.24) is 15.3 Å². The number of nitrogens with zero attached hydrogens (tertiary/aromatic N) is 5. The summed E-state index contributed by atoms with van der Waals surface area (Å²) in [6.45, 7) is 30.8. The highest BCUT2D eigenvalue weighted by Crippen LogP contribution is 2.47. The van der Waals surface area contributed by atoms with Crippen LogP contribution in [-0.2, 0) is 51.9 Å². The number of nitrogens with one attached hydrogen (secondary N) is 2. The van der Waals surface area contributed by atoms with Gasteiger partial charge < -0.3 is 72.5 Å². The number of halogens is 6. The van der Waals surface area contributed by atoms with Crippen molar-refractivity contribution >= 4 is 26.1 Å². The maximum absolute atomic E-state index is 12.5. The Bertz CT molecular complexity index is 1490. The van der Waals surface area contributed by atoms with Crippen LogP contribution in [0.5, 0.6) is 0 Å². The minimum Gasteiger partial charge on any atom is -0.396 e. The third-order valence-corrected chi connectivity index (χ3v) is 11.1. The van der Waals surface area contributed by atoms with Crippen LogP contribution in [0, 0.1) is 41.9 Å². The third-order valence-electron chi connectivity index (χ3n) is 9.06. The summed E-state index contributed by atoms with van der Waals surface area (Å²) in [4.78, 5) is 43.1. The summed E-state index contributed by atoms with van der Waals surface area (Å²) in [5.41, 5.74) is -1.80. The van der Waals surface area contributed by atoms with E-state index in [-0.39, 0.29) is 169 Å². The van der Waals surface area contributed by atoms with Crippen molar-refractivity contribution < 1.29 is 83.3 Å². The molecule has 70 heavy (non-hydrogen) atoms. The quantitative estimate of drug-likeness (QED) is 0.0279. The zero-order valence-corrected chi connectivity index (χ0v) is 41.8. The van der Waals surface area contributed by atoms with Crippen LogP contribution in [0.2, 0.25) is 0 Å². The molecule has 402 valence electrons. The molecule has 0 fully saturated rings. The van der Waals surface area contributed by atoms with Gasteiger partial charge in [-0.05, 0) is 60.3 Å². The number of carbonyl (C=O) groups is 3. The molecular weight excluding hydrogens is 963 g/mol. The number of hydrogen-bond acceptors (Lipinski definition) is 14. The van der Waals surface area contributed by atoms with Crippen LogP contribution in [0.1, 0.15) is 73.1 Å². The Morgan fingerprint density at radius 3 is 1.34 bits per heavy atom. The fourth-order valence-electron chi connectivity index (χ4n) is 5.61. The maximum Gasteiger partial charge on any atom is 0.471 e. The molecular formula is C44H72F6N7O12P. The summed E-state index contributed by atoms with van der Waals surface area (Å²) in [7, 11) is -1.73. The lowest BCUT2D eigenvalue weighted by atomic mass is 9.92. The van der Waals surface area contributed by atoms with Crippen molar-refractivity contribution in [3.05, 3.63) is 34.3 Å². The molecule has 0 radical (unpaired) electrons. The molecule has 0 aromatic carbocycles. The number of aliphatic hydroxyl groups excluding tert-OH is 1. The van der Waals surface area contributed by atoms with Crippen molar-refractivity contribution in [2.24, 2.45) is 10.8 Å². The molecule has 26 heteroatoms. The predicted molar refractivity (Wildman–Crippen MR) is 244 cm³/mol. The second-order valence-corrected chi connectivity index (χ2v) is 17.8. The van der Waals surface area contributed by atoms with Crippen LogP contribution in [-0.4, -0.2) is 184 Å². The van der Waals surface area contributed by atoms with Gasteiger partial charge >= 0.3 is 24.2 Å². The highest BCUT2D eigenvalue weighted by Gasteiger charge is 2.40. The van der Waals surface area contributed by atoms with Gasteiger partial charge in [-0.1, -0.05) is 0 Å². The van der Waals surface area contributed by atoms with Gasteiger partial charge in [0.15, 0.2) is 0 Å². The maximum atomic E-state index is 12.5. The lowest BCUT2D eigenvalue weighted by Crippen LogP contribution is -2.43. The molecule has 0 heterocycles. The Balaban J connectivity index is 0. The van der Waals surface area contributed by atoms with E-state index in [1.54, 1.807) is 10.6 Å². The Labute approximate surface area is 409 Å². The summed E-state index contributed by atoms with van der Waals surface area (Å²) >= 11 is 0. The number of amides is 2. The first-order chi connectivity index (χ1) is 33.1.